The van der Waals surface area contributed by atoms with Crippen LogP contribution >= 0.6 is 0 Å². The van der Waals surface area contributed by atoms with E-state index in [1.54, 1.807) is 0 Å². The van der Waals surface area contributed by atoms with Crippen LogP contribution in [0.2, 0.25) is 0 Å². The molecule has 1 aliphatic heterocycles. The van der Waals surface area contributed by atoms with Crippen molar-refractivity contribution in [3.05, 3.63) is 29.8 Å². The highest BCUT2D eigenvalue weighted by molar-refractivity contribution is 5.90. The molecule has 0 aliphatic carbocycles. The van der Waals surface area contributed by atoms with E-state index in [1.165, 1.54) is 31.5 Å². The summed E-state index contributed by atoms with van der Waals surface area (Å²) >= 11 is 0. The van der Waals surface area contributed by atoms with E-state index in [2.05, 4.69) is 27.7 Å². The molecule has 4 heteroatoms. The van der Waals surface area contributed by atoms with Crippen molar-refractivity contribution in [1.29, 1.82) is 0 Å². The van der Waals surface area contributed by atoms with Gasteiger partial charge in [-0.3, -0.25) is 9.69 Å². The molecule has 1 aromatic rings. The lowest BCUT2D eigenvalue weighted by molar-refractivity contribution is -0.116. The van der Waals surface area contributed by atoms with Crippen LogP contribution in [0.5, 0.6) is 0 Å². The maximum absolute atomic E-state index is 11.7. The molecule has 1 amide bonds. The van der Waals surface area contributed by atoms with Gasteiger partial charge >= 0.3 is 0 Å². The monoisotopic (exact) mass is 275 g/mol. The summed E-state index contributed by atoms with van der Waals surface area (Å²) in [5, 5.41) is 6.08. The highest BCUT2D eigenvalue weighted by Crippen LogP contribution is 2.15. The van der Waals surface area contributed by atoms with Crippen LogP contribution in [0, 0.1) is 0 Å². The van der Waals surface area contributed by atoms with Crippen LogP contribution in [0.15, 0.2) is 24.3 Å². The predicted octanol–water partition coefficient (Wildman–Crippen LogP) is 2.22. The number of anilines is 1. The molecule has 1 aliphatic rings. The van der Waals surface area contributed by atoms with Crippen molar-refractivity contribution >= 4 is 11.6 Å². The number of likely N-dealkylation sites (tertiary alicyclic amines) is 1. The molecule has 20 heavy (non-hydrogen) atoms. The normalized spacial score (nSPS) is 15.4. The van der Waals surface area contributed by atoms with Crippen molar-refractivity contribution in [3.63, 3.8) is 0 Å². The number of nitrogens with one attached hydrogen (secondary N) is 2. The standard InChI is InChI=1S/C16H25N3O/c1-2-17-10-9-16(20)18-15-7-5-14(6-8-15)13-19-11-3-4-12-19/h5-8,17H,2-4,9-13H2,1H3,(H,18,20). The van der Waals surface area contributed by atoms with Gasteiger partial charge in [0.25, 0.3) is 0 Å². The minimum Gasteiger partial charge on any atom is -0.326 e. The first-order chi connectivity index (χ1) is 9.78. The Morgan fingerprint density at radius 3 is 2.55 bits per heavy atom. The van der Waals surface area contributed by atoms with Crippen molar-refractivity contribution in [1.82, 2.24) is 10.2 Å². The molecule has 2 N–H and O–H groups in total. The third-order valence-electron chi connectivity index (χ3n) is 3.62. The number of amides is 1. The van der Waals surface area contributed by atoms with E-state index in [0.717, 1.165) is 25.3 Å². The van der Waals surface area contributed by atoms with Gasteiger partial charge < -0.3 is 10.6 Å². The van der Waals surface area contributed by atoms with Crippen molar-refractivity contribution < 1.29 is 4.79 Å². The Bertz CT molecular complexity index is 410. The van der Waals surface area contributed by atoms with Gasteiger partial charge in [0.15, 0.2) is 0 Å². The highest BCUT2D eigenvalue weighted by Gasteiger charge is 2.11. The lowest BCUT2D eigenvalue weighted by Crippen LogP contribution is -2.21. The Morgan fingerprint density at radius 1 is 1.20 bits per heavy atom. The summed E-state index contributed by atoms with van der Waals surface area (Å²) < 4.78 is 0. The lowest BCUT2D eigenvalue weighted by atomic mass is 10.2. The first-order valence-electron chi connectivity index (χ1n) is 7.60. The van der Waals surface area contributed by atoms with Crippen molar-refractivity contribution in [2.24, 2.45) is 0 Å². The van der Waals surface area contributed by atoms with Crippen LogP contribution in [-0.4, -0.2) is 37.0 Å². The molecular weight excluding hydrogens is 250 g/mol. The Kier molecular flexibility index (Phi) is 6.02. The maximum Gasteiger partial charge on any atom is 0.225 e. The van der Waals surface area contributed by atoms with Gasteiger partial charge in [0.05, 0.1) is 0 Å². The Hall–Kier alpha value is -1.39. The van der Waals surface area contributed by atoms with E-state index in [0.29, 0.717) is 6.42 Å². The van der Waals surface area contributed by atoms with Crippen LogP contribution in [0.3, 0.4) is 0 Å². The Labute approximate surface area is 121 Å². The molecule has 1 fully saturated rings. The predicted molar refractivity (Wildman–Crippen MR) is 82.7 cm³/mol. The van der Waals surface area contributed by atoms with Crippen molar-refractivity contribution in [2.45, 2.75) is 32.7 Å². The zero-order valence-electron chi connectivity index (χ0n) is 12.3. The average molecular weight is 275 g/mol. The number of hydrogen-bond donors (Lipinski definition) is 2. The second-order valence-electron chi connectivity index (χ2n) is 5.33. The second-order valence-corrected chi connectivity index (χ2v) is 5.33. The number of carbonyl (C=O) groups excluding carboxylic acids is 1. The number of hydrogen-bond acceptors (Lipinski definition) is 3. The molecule has 0 aromatic heterocycles. The summed E-state index contributed by atoms with van der Waals surface area (Å²) in [6.45, 7) is 7.12. The molecule has 1 heterocycles. The third-order valence-corrected chi connectivity index (χ3v) is 3.62. The molecule has 0 spiro atoms. The van der Waals surface area contributed by atoms with E-state index < -0.39 is 0 Å². The third kappa shape index (κ3) is 4.94. The van der Waals surface area contributed by atoms with E-state index in [1.807, 2.05) is 19.1 Å². The minimum absolute atomic E-state index is 0.0678. The van der Waals surface area contributed by atoms with Gasteiger partial charge in [-0.25, -0.2) is 0 Å². The summed E-state index contributed by atoms with van der Waals surface area (Å²) in [5.74, 6) is 0.0678. The first-order valence-corrected chi connectivity index (χ1v) is 7.60. The molecule has 4 nitrogen and oxygen atoms in total. The molecule has 0 saturated carbocycles. The summed E-state index contributed by atoms with van der Waals surface area (Å²) in [4.78, 5) is 14.2. The van der Waals surface area contributed by atoms with E-state index in [4.69, 9.17) is 0 Å². The second kappa shape index (κ2) is 8.02. The molecule has 2 rings (SSSR count). The quantitative estimate of drug-likeness (QED) is 0.750. The van der Waals surface area contributed by atoms with E-state index in [-0.39, 0.29) is 5.91 Å². The number of benzene rings is 1. The zero-order chi connectivity index (χ0) is 14.2. The number of carbonyl (C=O) groups is 1. The molecule has 0 radical (unpaired) electrons. The largest absolute Gasteiger partial charge is 0.326 e. The first kappa shape index (κ1) is 15.0. The van der Waals surface area contributed by atoms with Gasteiger partial charge in [-0.1, -0.05) is 19.1 Å². The van der Waals surface area contributed by atoms with Crippen LogP contribution in [0.1, 0.15) is 31.7 Å². The molecule has 1 saturated heterocycles. The number of nitrogens with zero attached hydrogens (tertiary/aromatic N) is 1. The van der Waals surface area contributed by atoms with E-state index >= 15 is 0 Å². The number of rotatable bonds is 7. The molecular formula is C16H25N3O. The van der Waals surface area contributed by atoms with Crippen LogP contribution in [-0.2, 0) is 11.3 Å². The minimum atomic E-state index is 0.0678. The van der Waals surface area contributed by atoms with Crippen LogP contribution in [0.4, 0.5) is 5.69 Å². The van der Waals surface area contributed by atoms with Gasteiger partial charge in [-0.05, 0) is 50.2 Å². The van der Waals surface area contributed by atoms with Crippen LogP contribution < -0.4 is 10.6 Å². The Morgan fingerprint density at radius 2 is 1.90 bits per heavy atom. The van der Waals surface area contributed by atoms with Gasteiger partial charge in [0, 0.05) is 25.2 Å². The molecule has 110 valence electrons. The van der Waals surface area contributed by atoms with Crippen LogP contribution in [0.25, 0.3) is 0 Å². The summed E-state index contributed by atoms with van der Waals surface area (Å²) in [7, 11) is 0. The molecule has 1 aromatic carbocycles. The Balaban J connectivity index is 1.77. The fourth-order valence-corrected chi connectivity index (χ4v) is 2.49. The lowest BCUT2D eigenvalue weighted by Gasteiger charge is -2.14. The highest BCUT2D eigenvalue weighted by atomic mass is 16.1. The van der Waals surface area contributed by atoms with Gasteiger partial charge in [-0.2, -0.15) is 0 Å². The van der Waals surface area contributed by atoms with Crippen molar-refractivity contribution in [2.75, 3.05) is 31.5 Å². The summed E-state index contributed by atoms with van der Waals surface area (Å²) in [6, 6.07) is 8.21. The molecule has 0 bridgehead atoms. The molecule has 0 unspecified atom stereocenters. The van der Waals surface area contributed by atoms with Gasteiger partial charge in [0.1, 0.15) is 0 Å². The summed E-state index contributed by atoms with van der Waals surface area (Å²) in [5.41, 5.74) is 2.20. The van der Waals surface area contributed by atoms with E-state index in [9.17, 15) is 4.79 Å². The maximum atomic E-state index is 11.7. The average Bonchev–Trinajstić information content (AvgIpc) is 2.94. The smallest absolute Gasteiger partial charge is 0.225 e. The fourth-order valence-electron chi connectivity index (χ4n) is 2.49. The van der Waals surface area contributed by atoms with Crippen molar-refractivity contribution in [3.8, 4) is 0 Å². The topological polar surface area (TPSA) is 44.4 Å². The summed E-state index contributed by atoms with van der Waals surface area (Å²) in [6.07, 6.45) is 3.16. The van der Waals surface area contributed by atoms with Gasteiger partial charge in [0.2, 0.25) is 5.91 Å². The zero-order valence-corrected chi connectivity index (χ0v) is 12.3. The van der Waals surface area contributed by atoms with Gasteiger partial charge in [-0.15, -0.1) is 0 Å². The molecule has 0 atom stereocenters. The fraction of sp³-hybridized carbons (Fsp3) is 0.562. The SMILES string of the molecule is CCNCCC(=O)Nc1ccc(CN2CCCC2)cc1.